The van der Waals surface area contributed by atoms with E-state index < -0.39 is 0 Å². The van der Waals surface area contributed by atoms with E-state index in [2.05, 4.69) is 61.0 Å². The SMILES string of the molecule is CCC(Cc1ccccc1C)C(C)Br. The predicted octanol–water partition coefficient (Wildman–Crippen LogP) is 4.35. The molecule has 0 radical (unpaired) electrons. The van der Waals surface area contributed by atoms with Gasteiger partial charge in [-0.2, -0.15) is 0 Å². The summed E-state index contributed by atoms with van der Waals surface area (Å²) >= 11 is 3.68. The van der Waals surface area contributed by atoms with Crippen LogP contribution in [0.3, 0.4) is 0 Å². The Morgan fingerprint density at radius 2 is 1.93 bits per heavy atom. The molecule has 0 bridgehead atoms. The van der Waals surface area contributed by atoms with Gasteiger partial charge in [-0.25, -0.2) is 0 Å². The molecule has 0 saturated carbocycles. The zero-order valence-electron chi connectivity index (χ0n) is 9.26. The van der Waals surface area contributed by atoms with Crippen LogP contribution in [0.15, 0.2) is 24.3 Å². The van der Waals surface area contributed by atoms with Crippen molar-refractivity contribution < 1.29 is 0 Å². The highest BCUT2D eigenvalue weighted by Crippen LogP contribution is 2.22. The minimum atomic E-state index is 0.604. The number of benzene rings is 1. The first-order chi connectivity index (χ1) is 6.65. The lowest BCUT2D eigenvalue weighted by Crippen LogP contribution is -2.13. The zero-order valence-corrected chi connectivity index (χ0v) is 10.8. The van der Waals surface area contributed by atoms with Crippen LogP contribution in [0.5, 0.6) is 0 Å². The van der Waals surface area contributed by atoms with Crippen molar-refractivity contribution in [2.45, 2.75) is 38.4 Å². The molecule has 0 aliphatic rings. The quantitative estimate of drug-likeness (QED) is 0.702. The molecule has 1 aromatic carbocycles. The standard InChI is InChI=1S/C13H19Br/c1-4-12(11(3)14)9-13-8-6-5-7-10(13)2/h5-8,11-12H,4,9H2,1-3H3. The molecule has 0 amide bonds. The third-order valence-corrected chi connectivity index (χ3v) is 3.66. The molecular weight excluding hydrogens is 236 g/mol. The van der Waals surface area contributed by atoms with Crippen LogP contribution in [0.1, 0.15) is 31.4 Å². The lowest BCUT2D eigenvalue weighted by molar-refractivity contribution is 0.507. The van der Waals surface area contributed by atoms with Crippen LogP contribution in [-0.4, -0.2) is 4.83 Å². The molecule has 2 unspecified atom stereocenters. The summed E-state index contributed by atoms with van der Waals surface area (Å²) in [6.45, 7) is 6.70. The van der Waals surface area contributed by atoms with Crippen molar-refractivity contribution in [3.05, 3.63) is 35.4 Å². The number of halogens is 1. The van der Waals surface area contributed by atoms with Gasteiger partial charge in [-0.1, -0.05) is 60.5 Å². The van der Waals surface area contributed by atoms with E-state index in [0.29, 0.717) is 4.83 Å². The molecule has 0 spiro atoms. The molecule has 14 heavy (non-hydrogen) atoms. The fourth-order valence-electron chi connectivity index (χ4n) is 1.75. The molecular formula is C13H19Br. The van der Waals surface area contributed by atoms with Crippen LogP contribution in [0.4, 0.5) is 0 Å². The van der Waals surface area contributed by atoms with Gasteiger partial charge in [0.1, 0.15) is 0 Å². The Morgan fingerprint density at radius 3 is 2.43 bits per heavy atom. The average molecular weight is 255 g/mol. The summed E-state index contributed by atoms with van der Waals surface area (Å²) < 4.78 is 0. The third kappa shape index (κ3) is 3.13. The lowest BCUT2D eigenvalue weighted by atomic mass is 9.92. The first-order valence-corrected chi connectivity index (χ1v) is 6.25. The van der Waals surface area contributed by atoms with Crippen molar-refractivity contribution in [3.63, 3.8) is 0 Å². The Hall–Kier alpha value is -0.300. The van der Waals surface area contributed by atoms with Gasteiger partial charge in [0.25, 0.3) is 0 Å². The lowest BCUT2D eigenvalue weighted by Gasteiger charge is -2.18. The monoisotopic (exact) mass is 254 g/mol. The van der Waals surface area contributed by atoms with Crippen LogP contribution in [0.2, 0.25) is 0 Å². The fourth-order valence-corrected chi connectivity index (χ4v) is 2.31. The van der Waals surface area contributed by atoms with Gasteiger partial charge in [-0.3, -0.25) is 0 Å². The molecule has 2 atom stereocenters. The summed E-state index contributed by atoms with van der Waals surface area (Å²) in [5, 5.41) is 0. The number of hydrogen-bond acceptors (Lipinski definition) is 0. The van der Waals surface area contributed by atoms with Crippen molar-refractivity contribution in [2.75, 3.05) is 0 Å². The first kappa shape index (κ1) is 11.8. The van der Waals surface area contributed by atoms with E-state index >= 15 is 0 Å². The van der Waals surface area contributed by atoms with E-state index in [-0.39, 0.29) is 0 Å². The Morgan fingerprint density at radius 1 is 1.29 bits per heavy atom. The molecule has 0 aromatic heterocycles. The summed E-state index contributed by atoms with van der Waals surface area (Å²) in [4.78, 5) is 0.604. The summed E-state index contributed by atoms with van der Waals surface area (Å²) in [6, 6.07) is 8.68. The second-order valence-electron chi connectivity index (χ2n) is 3.98. The van der Waals surface area contributed by atoms with Crippen LogP contribution in [0, 0.1) is 12.8 Å². The van der Waals surface area contributed by atoms with Crippen molar-refractivity contribution in [1.29, 1.82) is 0 Å². The van der Waals surface area contributed by atoms with Gasteiger partial charge in [0.2, 0.25) is 0 Å². The van der Waals surface area contributed by atoms with Gasteiger partial charge in [0.15, 0.2) is 0 Å². The van der Waals surface area contributed by atoms with Crippen molar-refractivity contribution >= 4 is 15.9 Å². The maximum Gasteiger partial charge on any atom is 0.0148 e. The minimum absolute atomic E-state index is 0.604. The molecule has 0 heterocycles. The number of hydrogen-bond donors (Lipinski definition) is 0. The fraction of sp³-hybridized carbons (Fsp3) is 0.538. The van der Waals surface area contributed by atoms with Gasteiger partial charge < -0.3 is 0 Å². The van der Waals surface area contributed by atoms with Gasteiger partial charge >= 0.3 is 0 Å². The smallest absolute Gasteiger partial charge is 0.0148 e. The van der Waals surface area contributed by atoms with Crippen molar-refractivity contribution in [3.8, 4) is 0 Å². The van der Waals surface area contributed by atoms with Crippen LogP contribution < -0.4 is 0 Å². The number of aryl methyl sites for hydroxylation is 1. The summed E-state index contributed by atoms with van der Waals surface area (Å²) in [7, 11) is 0. The largest absolute Gasteiger partial charge is 0.0891 e. The van der Waals surface area contributed by atoms with E-state index in [4.69, 9.17) is 0 Å². The average Bonchev–Trinajstić information content (AvgIpc) is 2.16. The minimum Gasteiger partial charge on any atom is -0.0891 e. The van der Waals surface area contributed by atoms with E-state index in [1.54, 1.807) is 0 Å². The topological polar surface area (TPSA) is 0 Å². The second-order valence-corrected chi connectivity index (χ2v) is 5.42. The van der Waals surface area contributed by atoms with Crippen LogP contribution >= 0.6 is 15.9 Å². The Labute approximate surface area is 95.9 Å². The normalized spacial score (nSPS) is 15.1. The first-order valence-electron chi connectivity index (χ1n) is 5.33. The summed E-state index contributed by atoms with van der Waals surface area (Å²) in [5.74, 6) is 0.746. The molecule has 0 saturated heterocycles. The number of alkyl halides is 1. The second kappa shape index (κ2) is 5.55. The summed E-state index contributed by atoms with van der Waals surface area (Å²) in [6.07, 6.45) is 2.43. The highest BCUT2D eigenvalue weighted by molar-refractivity contribution is 9.09. The van der Waals surface area contributed by atoms with Gasteiger partial charge in [0.05, 0.1) is 0 Å². The van der Waals surface area contributed by atoms with Gasteiger partial charge in [0, 0.05) is 4.83 Å². The van der Waals surface area contributed by atoms with E-state index in [1.807, 2.05) is 0 Å². The molecule has 0 nitrogen and oxygen atoms in total. The molecule has 0 aliphatic carbocycles. The van der Waals surface area contributed by atoms with Crippen LogP contribution in [-0.2, 0) is 6.42 Å². The Bertz CT molecular complexity index is 278. The van der Waals surface area contributed by atoms with Gasteiger partial charge in [-0.05, 0) is 30.4 Å². The zero-order chi connectivity index (χ0) is 10.6. The molecule has 78 valence electrons. The molecule has 1 aromatic rings. The highest BCUT2D eigenvalue weighted by Gasteiger charge is 2.13. The van der Waals surface area contributed by atoms with E-state index in [9.17, 15) is 0 Å². The van der Waals surface area contributed by atoms with Crippen LogP contribution in [0.25, 0.3) is 0 Å². The third-order valence-electron chi connectivity index (χ3n) is 2.92. The molecule has 0 N–H and O–H groups in total. The molecule has 0 aliphatic heterocycles. The molecule has 0 fully saturated rings. The Kier molecular flexibility index (Phi) is 4.67. The van der Waals surface area contributed by atoms with E-state index in [0.717, 1.165) is 5.92 Å². The predicted molar refractivity (Wildman–Crippen MR) is 67.1 cm³/mol. The maximum atomic E-state index is 3.68. The van der Waals surface area contributed by atoms with Crippen molar-refractivity contribution in [2.24, 2.45) is 5.92 Å². The highest BCUT2D eigenvalue weighted by atomic mass is 79.9. The Balaban J connectivity index is 2.72. The molecule has 1 heteroatoms. The van der Waals surface area contributed by atoms with Gasteiger partial charge in [-0.15, -0.1) is 0 Å². The van der Waals surface area contributed by atoms with E-state index in [1.165, 1.54) is 24.0 Å². The van der Waals surface area contributed by atoms with Crippen molar-refractivity contribution in [1.82, 2.24) is 0 Å². The number of rotatable bonds is 4. The maximum absolute atomic E-state index is 3.68. The summed E-state index contributed by atoms with van der Waals surface area (Å²) in [5.41, 5.74) is 2.91. The molecule has 1 rings (SSSR count).